The number of hydrogen-bond donors (Lipinski definition) is 1. The zero-order valence-electron chi connectivity index (χ0n) is 6.77. The summed E-state index contributed by atoms with van der Waals surface area (Å²) in [5.41, 5.74) is 0. The first-order valence-corrected chi connectivity index (χ1v) is 4.14. The van der Waals surface area contributed by atoms with E-state index in [9.17, 15) is 0 Å². The monoisotopic (exact) mass is 139 g/mol. The Balaban J connectivity index is 1.90. The summed E-state index contributed by atoms with van der Waals surface area (Å²) in [7, 11) is 0. The molecule has 1 aliphatic rings. The molecule has 0 aromatic carbocycles. The van der Waals surface area contributed by atoms with Crippen LogP contribution in [-0.4, -0.2) is 13.1 Å². The van der Waals surface area contributed by atoms with Gasteiger partial charge in [0.1, 0.15) is 0 Å². The van der Waals surface area contributed by atoms with E-state index >= 15 is 0 Å². The quantitative estimate of drug-likeness (QED) is 0.462. The topological polar surface area (TPSA) is 12.0 Å². The normalized spacial score (nSPS) is 31.3. The van der Waals surface area contributed by atoms with Gasteiger partial charge in [-0.25, -0.2) is 0 Å². The lowest BCUT2D eigenvalue weighted by molar-refractivity contribution is 0.208. The van der Waals surface area contributed by atoms with Crippen molar-refractivity contribution < 1.29 is 0 Å². The molecule has 0 heterocycles. The van der Waals surface area contributed by atoms with Crippen LogP contribution in [0.25, 0.3) is 0 Å². The van der Waals surface area contributed by atoms with E-state index in [0.29, 0.717) is 0 Å². The molecule has 0 aromatic rings. The van der Waals surface area contributed by atoms with Crippen molar-refractivity contribution in [3.05, 3.63) is 12.7 Å². The summed E-state index contributed by atoms with van der Waals surface area (Å²) in [6.45, 7) is 8.13. The summed E-state index contributed by atoms with van der Waals surface area (Å²) in [5, 5.41) is 3.34. The Hall–Kier alpha value is -0.300. The molecule has 0 atom stereocenters. The molecule has 0 unspecified atom stereocenters. The molecular formula is C9H17N. The van der Waals surface area contributed by atoms with Gasteiger partial charge in [-0.15, -0.1) is 6.58 Å². The molecule has 1 saturated carbocycles. The maximum atomic E-state index is 3.65. The molecule has 10 heavy (non-hydrogen) atoms. The molecule has 1 fully saturated rings. The Morgan fingerprint density at radius 3 is 2.80 bits per heavy atom. The second kappa shape index (κ2) is 3.77. The van der Waals surface area contributed by atoms with E-state index in [4.69, 9.17) is 0 Å². The summed E-state index contributed by atoms with van der Waals surface area (Å²) in [4.78, 5) is 0. The fourth-order valence-corrected chi connectivity index (χ4v) is 1.63. The van der Waals surface area contributed by atoms with Crippen molar-refractivity contribution in [1.29, 1.82) is 0 Å². The van der Waals surface area contributed by atoms with Crippen molar-refractivity contribution in [2.24, 2.45) is 11.8 Å². The smallest absolute Gasteiger partial charge is 0.0132 e. The maximum Gasteiger partial charge on any atom is 0.0132 e. The Morgan fingerprint density at radius 2 is 2.30 bits per heavy atom. The van der Waals surface area contributed by atoms with E-state index in [1.807, 2.05) is 6.08 Å². The minimum absolute atomic E-state index is 0.954. The van der Waals surface area contributed by atoms with Crippen LogP contribution in [0.3, 0.4) is 0 Å². The van der Waals surface area contributed by atoms with E-state index in [-0.39, 0.29) is 0 Å². The van der Waals surface area contributed by atoms with Crippen LogP contribution < -0.4 is 5.32 Å². The summed E-state index contributed by atoms with van der Waals surface area (Å²) in [5.74, 6) is 1.94. The number of nitrogens with one attached hydrogen (secondary N) is 1. The van der Waals surface area contributed by atoms with Crippen LogP contribution in [0.1, 0.15) is 19.8 Å². The van der Waals surface area contributed by atoms with Gasteiger partial charge in [-0.2, -0.15) is 0 Å². The lowest BCUT2D eigenvalue weighted by Gasteiger charge is -2.32. The Labute approximate surface area is 63.5 Å². The van der Waals surface area contributed by atoms with Crippen LogP contribution in [0.4, 0.5) is 0 Å². The second-order valence-electron chi connectivity index (χ2n) is 3.39. The molecule has 1 rings (SSSR count). The Bertz CT molecular complexity index is 103. The molecule has 0 amide bonds. The first-order chi connectivity index (χ1) is 4.83. The van der Waals surface area contributed by atoms with Crippen molar-refractivity contribution in [2.45, 2.75) is 19.8 Å². The highest BCUT2D eigenvalue weighted by Crippen LogP contribution is 2.31. The van der Waals surface area contributed by atoms with E-state index < -0.39 is 0 Å². The van der Waals surface area contributed by atoms with Gasteiger partial charge in [0.25, 0.3) is 0 Å². The van der Waals surface area contributed by atoms with Crippen molar-refractivity contribution in [3.8, 4) is 0 Å². The number of rotatable bonds is 4. The zero-order chi connectivity index (χ0) is 7.40. The molecule has 0 aliphatic heterocycles. The molecule has 0 radical (unpaired) electrons. The van der Waals surface area contributed by atoms with Gasteiger partial charge in [0.15, 0.2) is 0 Å². The van der Waals surface area contributed by atoms with Crippen molar-refractivity contribution in [2.75, 3.05) is 13.1 Å². The van der Waals surface area contributed by atoms with Crippen LogP contribution in [0.2, 0.25) is 0 Å². The zero-order valence-corrected chi connectivity index (χ0v) is 6.77. The molecule has 1 nitrogen and oxygen atoms in total. The van der Waals surface area contributed by atoms with E-state index in [0.717, 1.165) is 18.4 Å². The Morgan fingerprint density at radius 1 is 1.60 bits per heavy atom. The highest BCUT2D eigenvalue weighted by molar-refractivity contribution is 4.79. The second-order valence-corrected chi connectivity index (χ2v) is 3.39. The molecular weight excluding hydrogens is 122 g/mol. The van der Waals surface area contributed by atoms with Gasteiger partial charge in [0.05, 0.1) is 0 Å². The Kier molecular flexibility index (Phi) is 2.94. The van der Waals surface area contributed by atoms with Gasteiger partial charge in [-0.05, 0) is 31.2 Å². The van der Waals surface area contributed by atoms with Crippen LogP contribution in [0.5, 0.6) is 0 Å². The summed E-state index contributed by atoms with van der Waals surface area (Å²) < 4.78 is 0. The fourth-order valence-electron chi connectivity index (χ4n) is 1.63. The first kappa shape index (κ1) is 7.80. The van der Waals surface area contributed by atoms with Gasteiger partial charge in [0.2, 0.25) is 0 Å². The molecule has 1 aliphatic carbocycles. The molecule has 0 spiro atoms. The van der Waals surface area contributed by atoms with E-state index in [1.54, 1.807) is 0 Å². The molecule has 0 saturated heterocycles. The summed E-state index contributed by atoms with van der Waals surface area (Å²) >= 11 is 0. The largest absolute Gasteiger partial charge is 0.313 e. The predicted molar refractivity (Wildman–Crippen MR) is 45.0 cm³/mol. The lowest BCUT2D eigenvalue weighted by Crippen LogP contribution is -2.31. The van der Waals surface area contributed by atoms with Crippen LogP contribution in [0, 0.1) is 11.8 Å². The molecule has 58 valence electrons. The molecule has 1 N–H and O–H groups in total. The summed E-state index contributed by atoms with van der Waals surface area (Å²) in [6, 6.07) is 0. The highest BCUT2D eigenvalue weighted by atomic mass is 14.9. The SMILES string of the molecule is C=CCNCC1CC(C)C1. The van der Waals surface area contributed by atoms with Gasteiger partial charge >= 0.3 is 0 Å². The third kappa shape index (κ3) is 2.14. The van der Waals surface area contributed by atoms with Gasteiger partial charge < -0.3 is 5.32 Å². The van der Waals surface area contributed by atoms with Gasteiger partial charge in [0, 0.05) is 6.54 Å². The molecule has 0 bridgehead atoms. The average molecular weight is 139 g/mol. The highest BCUT2D eigenvalue weighted by Gasteiger charge is 2.23. The lowest BCUT2D eigenvalue weighted by atomic mass is 9.76. The van der Waals surface area contributed by atoms with Crippen molar-refractivity contribution >= 4 is 0 Å². The molecule has 0 aromatic heterocycles. The fraction of sp³-hybridized carbons (Fsp3) is 0.778. The third-order valence-corrected chi connectivity index (χ3v) is 2.19. The van der Waals surface area contributed by atoms with Crippen molar-refractivity contribution in [3.63, 3.8) is 0 Å². The average Bonchev–Trinajstić information content (AvgIpc) is 1.85. The predicted octanol–water partition coefficient (Wildman–Crippen LogP) is 1.81. The molecule has 1 heteroatoms. The van der Waals surface area contributed by atoms with Crippen LogP contribution in [-0.2, 0) is 0 Å². The minimum Gasteiger partial charge on any atom is -0.313 e. The van der Waals surface area contributed by atoms with Crippen LogP contribution in [0.15, 0.2) is 12.7 Å². The first-order valence-electron chi connectivity index (χ1n) is 4.14. The van der Waals surface area contributed by atoms with E-state index in [2.05, 4.69) is 18.8 Å². The van der Waals surface area contributed by atoms with Crippen molar-refractivity contribution in [1.82, 2.24) is 5.32 Å². The standard InChI is InChI=1S/C9H17N/c1-3-4-10-7-9-5-8(2)6-9/h3,8-10H,1,4-7H2,2H3. The van der Waals surface area contributed by atoms with Gasteiger partial charge in [-0.3, -0.25) is 0 Å². The maximum absolute atomic E-state index is 3.65. The minimum atomic E-state index is 0.954. The third-order valence-electron chi connectivity index (χ3n) is 2.19. The summed E-state index contributed by atoms with van der Waals surface area (Å²) in [6.07, 6.45) is 4.76. The van der Waals surface area contributed by atoms with Gasteiger partial charge in [-0.1, -0.05) is 13.0 Å². The van der Waals surface area contributed by atoms with E-state index in [1.165, 1.54) is 19.4 Å². The number of hydrogen-bond acceptors (Lipinski definition) is 1. The van der Waals surface area contributed by atoms with Crippen LogP contribution >= 0.6 is 0 Å².